The Labute approximate surface area is 114 Å². The Hall–Kier alpha value is -1.77. The summed E-state index contributed by atoms with van der Waals surface area (Å²) in [5.74, 6) is 1.32. The third-order valence-corrected chi connectivity index (χ3v) is 2.16. The Kier molecular flexibility index (Phi) is 6.29. The van der Waals surface area contributed by atoms with Crippen molar-refractivity contribution in [1.82, 2.24) is 9.97 Å². The van der Waals surface area contributed by atoms with Crippen LogP contribution in [0.2, 0.25) is 0 Å². The van der Waals surface area contributed by atoms with Gasteiger partial charge < -0.3 is 20.1 Å². The minimum Gasteiger partial charge on any atom is -0.490 e. The Balaban J connectivity index is 2.49. The van der Waals surface area contributed by atoms with Crippen LogP contribution in [0.3, 0.4) is 0 Å². The Morgan fingerprint density at radius 3 is 2.40 bits per heavy atom. The average molecular weight is 294 g/mol. The molecular formula is C11H17F3N4O2. The molecule has 1 heterocycles. The second-order valence-corrected chi connectivity index (χ2v) is 3.73. The summed E-state index contributed by atoms with van der Waals surface area (Å²) in [4.78, 5) is 7.98. The van der Waals surface area contributed by atoms with Crippen LogP contribution in [-0.4, -0.2) is 49.6 Å². The first kappa shape index (κ1) is 16.3. The maximum absolute atomic E-state index is 11.9. The SMILES string of the molecule is CCNc1ncnc(NCCOCC(F)(F)F)c1OC. The number of halogens is 3. The smallest absolute Gasteiger partial charge is 0.411 e. The molecule has 1 rings (SSSR count). The second kappa shape index (κ2) is 7.73. The van der Waals surface area contributed by atoms with Crippen LogP contribution in [-0.2, 0) is 4.74 Å². The molecule has 0 saturated heterocycles. The molecule has 0 bridgehead atoms. The number of nitrogens with one attached hydrogen (secondary N) is 2. The molecule has 6 nitrogen and oxygen atoms in total. The van der Waals surface area contributed by atoms with E-state index in [4.69, 9.17) is 4.74 Å². The van der Waals surface area contributed by atoms with Crippen molar-refractivity contribution in [3.63, 3.8) is 0 Å². The second-order valence-electron chi connectivity index (χ2n) is 3.73. The van der Waals surface area contributed by atoms with Gasteiger partial charge in [0.15, 0.2) is 11.6 Å². The van der Waals surface area contributed by atoms with Gasteiger partial charge in [0.25, 0.3) is 0 Å². The van der Waals surface area contributed by atoms with Crippen LogP contribution in [0.4, 0.5) is 24.8 Å². The number of methoxy groups -OCH3 is 1. The molecule has 2 N–H and O–H groups in total. The number of rotatable bonds is 8. The molecule has 9 heteroatoms. The fourth-order valence-electron chi connectivity index (χ4n) is 1.42. The van der Waals surface area contributed by atoms with Gasteiger partial charge in [0.2, 0.25) is 5.75 Å². The molecule has 114 valence electrons. The highest BCUT2D eigenvalue weighted by atomic mass is 19.4. The van der Waals surface area contributed by atoms with Crippen LogP contribution in [0.1, 0.15) is 6.92 Å². The lowest BCUT2D eigenvalue weighted by Crippen LogP contribution is -2.20. The van der Waals surface area contributed by atoms with Crippen molar-refractivity contribution in [2.45, 2.75) is 13.1 Å². The summed E-state index contributed by atoms with van der Waals surface area (Å²) in [6, 6.07) is 0. The topological polar surface area (TPSA) is 68.3 Å². The standard InChI is InChI=1S/C11H17F3N4O2/c1-3-15-9-8(19-2)10(18-7-17-9)16-4-5-20-6-11(12,13)14/h7H,3-6H2,1-2H3,(H2,15,16,17,18). The number of ether oxygens (including phenoxy) is 2. The normalized spacial score (nSPS) is 11.2. The van der Waals surface area contributed by atoms with Crippen LogP contribution < -0.4 is 15.4 Å². The molecule has 0 aliphatic heterocycles. The number of aromatic nitrogens is 2. The van der Waals surface area contributed by atoms with Gasteiger partial charge in [0.05, 0.1) is 13.7 Å². The van der Waals surface area contributed by atoms with Gasteiger partial charge >= 0.3 is 6.18 Å². The maximum atomic E-state index is 11.9. The van der Waals surface area contributed by atoms with E-state index >= 15 is 0 Å². The number of anilines is 2. The Morgan fingerprint density at radius 1 is 1.20 bits per heavy atom. The van der Waals surface area contributed by atoms with Crippen molar-refractivity contribution in [2.75, 3.05) is 44.0 Å². The van der Waals surface area contributed by atoms with Gasteiger partial charge in [0.1, 0.15) is 12.9 Å². The van der Waals surface area contributed by atoms with Gasteiger partial charge in [-0.1, -0.05) is 0 Å². The summed E-state index contributed by atoms with van der Waals surface area (Å²) in [5.41, 5.74) is 0. The molecule has 0 aliphatic rings. The Bertz CT molecular complexity index is 415. The van der Waals surface area contributed by atoms with E-state index in [-0.39, 0.29) is 13.2 Å². The first-order valence-electron chi connectivity index (χ1n) is 5.99. The van der Waals surface area contributed by atoms with Crippen LogP contribution in [0, 0.1) is 0 Å². The van der Waals surface area contributed by atoms with E-state index in [0.717, 1.165) is 0 Å². The first-order chi connectivity index (χ1) is 9.48. The first-order valence-corrected chi connectivity index (χ1v) is 5.99. The lowest BCUT2D eigenvalue weighted by atomic mass is 10.4. The van der Waals surface area contributed by atoms with Crippen LogP contribution in [0.5, 0.6) is 5.75 Å². The zero-order valence-corrected chi connectivity index (χ0v) is 11.3. The molecule has 0 radical (unpaired) electrons. The average Bonchev–Trinajstić information content (AvgIpc) is 2.37. The van der Waals surface area contributed by atoms with E-state index in [1.54, 1.807) is 0 Å². The lowest BCUT2D eigenvalue weighted by Gasteiger charge is -2.13. The Morgan fingerprint density at radius 2 is 1.85 bits per heavy atom. The minimum absolute atomic E-state index is 0.0940. The highest BCUT2D eigenvalue weighted by Gasteiger charge is 2.27. The molecule has 0 fully saturated rings. The van der Waals surface area contributed by atoms with E-state index in [2.05, 4.69) is 25.3 Å². The molecule has 0 aliphatic carbocycles. The van der Waals surface area contributed by atoms with Crippen LogP contribution in [0.15, 0.2) is 6.33 Å². The number of hydrogen-bond donors (Lipinski definition) is 2. The van der Waals surface area contributed by atoms with Crippen LogP contribution >= 0.6 is 0 Å². The quantitative estimate of drug-likeness (QED) is 0.714. The highest BCUT2D eigenvalue weighted by Crippen LogP contribution is 2.28. The van der Waals surface area contributed by atoms with E-state index in [1.165, 1.54) is 13.4 Å². The third kappa shape index (κ3) is 5.47. The van der Waals surface area contributed by atoms with Crippen molar-refractivity contribution >= 4 is 11.6 Å². The summed E-state index contributed by atoms with van der Waals surface area (Å²) in [5, 5.41) is 5.83. The molecule has 0 spiro atoms. The zero-order valence-electron chi connectivity index (χ0n) is 11.3. The summed E-state index contributed by atoms with van der Waals surface area (Å²) < 4.78 is 45.3. The molecule has 0 saturated carbocycles. The zero-order chi connectivity index (χ0) is 15.0. The maximum Gasteiger partial charge on any atom is 0.411 e. The fraction of sp³-hybridized carbons (Fsp3) is 0.636. The van der Waals surface area contributed by atoms with E-state index in [9.17, 15) is 13.2 Å². The molecule has 20 heavy (non-hydrogen) atoms. The molecule has 0 atom stereocenters. The molecule has 0 amide bonds. The largest absolute Gasteiger partial charge is 0.490 e. The number of nitrogens with zero attached hydrogens (tertiary/aromatic N) is 2. The number of alkyl halides is 3. The van der Waals surface area contributed by atoms with Crippen molar-refractivity contribution in [3.05, 3.63) is 6.33 Å². The monoisotopic (exact) mass is 294 g/mol. The predicted molar refractivity (Wildman–Crippen MR) is 68.1 cm³/mol. The highest BCUT2D eigenvalue weighted by molar-refractivity contribution is 5.63. The van der Waals surface area contributed by atoms with Crippen LogP contribution in [0.25, 0.3) is 0 Å². The molecule has 1 aromatic rings. The van der Waals surface area contributed by atoms with Gasteiger partial charge in [-0.2, -0.15) is 13.2 Å². The van der Waals surface area contributed by atoms with Gasteiger partial charge in [-0.05, 0) is 6.92 Å². The van der Waals surface area contributed by atoms with Gasteiger partial charge in [-0.25, -0.2) is 9.97 Å². The summed E-state index contributed by atoms with van der Waals surface area (Å²) in [7, 11) is 1.46. The van der Waals surface area contributed by atoms with Crippen molar-refractivity contribution in [3.8, 4) is 5.75 Å². The molecule has 1 aromatic heterocycles. The molecular weight excluding hydrogens is 277 g/mol. The van der Waals surface area contributed by atoms with Gasteiger partial charge in [-0.15, -0.1) is 0 Å². The van der Waals surface area contributed by atoms with Crippen molar-refractivity contribution in [1.29, 1.82) is 0 Å². The minimum atomic E-state index is -4.31. The fourth-order valence-corrected chi connectivity index (χ4v) is 1.42. The summed E-state index contributed by atoms with van der Waals surface area (Å²) in [6.45, 7) is 1.37. The van der Waals surface area contributed by atoms with E-state index < -0.39 is 12.8 Å². The van der Waals surface area contributed by atoms with Gasteiger partial charge in [-0.3, -0.25) is 0 Å². The van der Waals surface area contributed by atoms with Crippen molar-refractivity contribution in [2.24, 2.45) is 0 Å². The lowest BCUT2D eigenvalue weighted by molar-refractivity contribution is -0.172. The van der Waals surface area contributed by atoms with E-state index in [1.807, 2.05) is 6.92 Å². The van der Waals surface area contributed by atoms with Crippen molar-refractivity contribution < 1.29 is 22.6 Å². The van der Waals surface area contributed by atoms with Gasteiger partial charge in [0, 0.05) is 13.1 Å². The predicted octanol–water partition coefficient (Wildman–Crippen LogP) is 1.91. The summed E-state index contributed by atoms with van der Waals surface area (Å²) >= 11 is 0. The summed E-state index contributed by atoms with van der Waals surface area (Å²) in [6.07, 6.45) is -2.98. The van der Waals surface area contributed by atoms with E-state index in [0.29, 0.717) is 23.9 Å². The molecule has 0 unspecified atom stereocenters. The molecule has 0 aromatic carbocycles. The number of hydrogen-bond acceptors (Lipinski definition) is 6. The third-order valence-electron chi connectivity index (χ3n) is 2.16.